The van der Waals surface area contributed by atoms with Crippen LogP contribution in [0.5, 0.6) is 0 Å². The molecular formula is C30H44O5. The van der Waals surface area contributed by atoms with Crippen molar-refractivity contribution in [2.75, 3.05) is 0 Å². The fraction of sp³-hybridized carbons (Fsp3) is 0.900. The molecule has 3 saturated heterocycles. The molecule has 35 heavy (non-hydrogen) atoms. The lowest BCUT2D eigenvalue weighted by molar-refractivity contribution is -0.142. The van der Waals surface area contributed by atoms with E-state index in [9.17, 15) is 9.90 Å². The van der Waals surface area contributed by atoms with Crippen molar-refractivity contribution in [1.29, 1.82) is 0 Å². The second-order valence-corrected chi connectivity index (χ2v) is 15.0. The lowest BCUT2D eigenvalue weighted by atomic mass is 9.41. The third-order valence-electron chi connectivity index (χ3n) is 13.1. The number of fused-ring (bicyclic) bond motifs is 3. The van der Waals surface area contributed by atoms with Crippen molar-refractivity contribution in [1.82, 2.24) is 0 Å². The Morgan fingerprint density at radius 1 is 1.00 bits per heavy atom. The number of Topliss-reactive ketones (excluding diaryl/α,β-unsaturated/α-hetero) is 1. The summed E-state index contributed by atoms with van der Waals surface area (Å²) in [6.45, 7) is 16.0. The van der Waals surface area contributed by atoms with Gasteiger partial charge in [0.2, 0.25) is 0 Å². The van der Waals surface area contributed by atoms with Gasteiger partial charge in [0.15, 0.2) is 6.29 Å². The van der Waals surface area contributed by atoms with Crippen LogP contribution >= 0.6 is 0 Å². The summed E-state index contributed by atoms with van der Waals surface area (Å²) in [5, 5.41) is 11.1. The van der Waals surface area contributed by atoms with Crippen molar-refractivity contribution >= 4 is 5.78 Å². The molecule has 0 aromatic heterocycles. The maximum atomic E-state index is 12.9. The third kappa shape index (κ3) is 2.53. The highest BCUT2D eigenvalue weighted by atomic mass is 16.7. The largest absolute Gasteiger partial charge is 0.368 e. The van der Waals surface area contributed by atoms with Crippen LogP contribution in [-0.4, -0.2) is 46.7 Å². The molecule has 6 fully saturated rings. The Morgan fingerprint density at radius 3 is 2.40 bits per heavy atom. The maximum absolute atomic E-state index is 12.9. The van der Waals surface area contributed by atoms with Crippen molar-refractivity contribution < 1.29 is 24.1 Å². The van der Waals surface area contributed by atoms with E-state index >= 15 is 0 Å². The van der Waals surface area contributed by atoms with E-state index in [1.54, 1.807) is 0 Å². The Kier molecular flexibility index (Phi) is 4.30. The number of ketones is 1. The van der Waals surface area contributed by atoms with Gasteiger partial charge in [0.1, 0.15) is 17.5 Å². The van der Waals surface area contributed by atoms with Gasteiger partial charge in [0.05, 0.1) is 17.8 Å². The first-order valence-corrected chi connectivity index (χ1v) is 14.2. The van der Waals surface area contributed by atoms with Crippen LogP contribution in [-0.2, 0) is 19.0 Å². The number of carbonyl (C=O) groups is 1. The first-order valence-electron chi connectivity index (χ1n) is 14.2. The zero-order valence-corrected chi connectivity index (χ0v) is 22.6. The van der Waals surface area contributed by atoms with E-state index in [2.05, 4.69) is 54.5 Å². The summed E-state index contributed by atoms with van der Waals surface area (Å²) in [5.74, 6) is 1.32. The normalized spacial score (nSPS) is 59.1. The SMILES string of the molecule is CC1(C)O[C@H]1[C@H]1C[C@@H]([C@@H]2CC[C@@]3(C)[C@@]2(C)CC=C2[C@]34O[C@H]4C[C@H]3C(C)(C)C(=O)CC[C@]23C)C(O)O1. The molecule has 3 saturated carbocycles. The number of ether oxygens (including phenoxy) is 3. The second kappa shape index (κ2) is 6.45. The predicted octanol–water partition coefficient (Wildman–Crippen LogP) is 5.19. The first kappa shape index (κ1) is 23.4. The number of allylic oxidation sites excluding steroid dienone is 1. The maximum Gasteiger partial charge on any atom is 0.158 e. The van der Waals surface area contributed by atoms with Crippen LogP contribution < -0.4 is 0 Å². The standard InChI is InChI=1S/C30H44O5/c1-25(2)20-15-22-30(34-22)19(27(20,5)11-10-21(25)31)9-12-28(6)17(8-13-29(28,30)7)16-14-18(33-24(16)32)23-26(3,4)35-23/h9,16-18,20,22-24,32H,8,10-15H2,1-7H3/t16-,17-,18+,20-,22-,23-,24?,27+,28-,29-,30+/m0/s1. The quantitative estimate of drug-likeness (QED) is 0.431. The fourth-order valence-corrected chi connectivity index (χ4v) is 10.7. The van der Waals surface area contributed by atoms with E-state index in [0.29, 0.717) is 24.0 Å². The molecule has 0 radical (unpaired) electrons. The number of epoxide rings is 2. The molecule has 1 spiro atoms. The molecule has 1 N–H and O–H groups in total. The summed E-state index contributed by atoms with van der Waals surface area (Å²) in [7, 11) is 0. The van der Waals surface area contributed by atoms with Crippen molar-refractivity contribution in [3.8, 4) is 0 Å². The van der Waals surface area contributed by atoms with Crippen LogP contribution in [0.4, 0.5) is 0 Å². The molecule has 3 heterocycles. The Balaban J connectivity index is 1.24. The lowest BCUT2D eigenvalue weighted by Crippen LogP contribution is -2.61. The van der Waals surface area contributed by atoms with Gasteiger partial charge in [-0.25, -0.2) is 0 Å². The summed E-state index contributed by atoms with van der Waals surface area (Å²) >= 11 is 0. The fourth-order valence-electron chi connectivity index (χ4n) is 10.7. The van der Waals surface area contributed by atoms with Gasteiger partial charge in [0, 0.05) is 23.2 Å². The molecular weight excluding hydrogens is 440 g/mol. The van der Waals surface area contributed by atoms with E-state index in [0.717, 1.165) is 38.5 Å². The van der Waals surface area contributed by atoms with E-state index < -0.39 is 6.29 Å². The van der Waals surface area contributed by atoms with Crippen molar-refractivity contribution in [3.05, 3.63) is 11.6 Å². The highest BCUT2D eigenvalue weighted by molar-refractivity contribution is 5.86. The van der Waals surface area contributed by atoms with E-state index in [1.165, 1.54) is 5.57 Å². The average molecular weight is 485 g/mol. The third-order valence-corrected chi connectivity index (χ3v) is 13.1. The monoisotopic (exact) mass is 484 g/mol. The average Bonchev–Trinajstić information content (AvgIpc) is 3.57. The van der Waals surface area contributed by atoms with Gasteiger partial charge in [-0.2, -0.15) is 0 Å². The van der Waals surface area contributed by atoms with Gasteiger partial charge < -0.3 is 19.3 Å². The molecule has 0 amide bonds. The number of rotatable bonds is 2. The van der Waals surface area contributed by atoms with Crippen molar-refractivity contribution in [2.45, 2.75) is 129 Å². The van der Waals surface area contributed by atoms with Crippen LogP contribution in [0, 0.1) is 39.4 Å². The summed E-state index contributed by atoms with van der Waals surface area (Å²) in [4.78, 5) is 12.9. The Morgan fingerprint density at radius 2 is 1.71 bits per heavy atom. The minimum Gasteiger partial charge on any atom is -0.368 e. The van der Waals surface area contributed by atoms with Gasteiger partial charge in [0.25, 0.3) is 0 Å². The number of carbonyl (C=O) groups excluding carboxylic acids is 1. The molecule has 4 aliphatic carbocycles. The molecule has 5 nitrogen and oxygen atoms in total. The lowest BCUT2D eigenvalue weighted by Gasteiger charge is -2.61. The van der Waals surface area contributed by atoms with Crippen LogP contribution in [0.1, 0.15) is 93.4 Å². The number of hydrogen-bond donors (Lipinski definition) is 1. The van der Waals surface area contributed by atoms with Crippen molar-refractivity contribution in [3.63, 3.8) is 0 Å². The van der Waals surface area contributed by atoms with Crippen LogP contribution in [0.3, 0.4) is 0 Å². The molecule has 7 rings (SSSR count). The van der Waals surface area contributed by atoms with Gasteiger partial charge >= 0.3 is 0 Å². The van der Waals surface area contributed by atoms with E-state index in [-0.39, 0.29) is 57.1 Å². The van der Waals surface area contributed by atoms with Gasteiger partial charge in [-0.1, -0.05) is 40.7 Å². The Hall–Kier alpha value is -0.750. The zero-order valence-electron chi connectivity index (χ0n) is 22.6. The first-order chi connectivity index (χ1) is 16.2. The zero-order chi connectivity index (χ0) is 25.0. The summed E-state index contributed by atoms with van der Waals surface area (Å²) in [6.07, 6.45) is 8.94. The van der Waals surface area contributed by atoms with E-state index in [1.807, 2.05) is 0 Å². The minimum absolute atomic E-state index is 0.00501. The summed E-state index contributed by atoms with van der Waals surface area (Å²) in [6, 6.07) is 0. The molecule has 0 aromatic rings. The molecule has 11 atom stereocenters. The number of hydrogen-bond acceptors (Lipinski definition) is 5. The Bertz CT molecular complexity index is 1030. The molecule has 3 aliphatic heterocycles. The van der Waals surface area contributed by atoms with Gasteiger partial charge in [-0.3, -0.25) is 4.79 Å². The highest BCUT2D eigenvalue weighted by Gasteiger charge is 2.82. The molecule has 5 heteroatoms. The summed E-state index contributed by atoms with van der Waals surface area (Å²) < 4.78 is 18.9. The number of aliphatic hydroxyl groups excluding tert-OH is 1. The molecule has 194 valence electrons. The topological polar surface area (TPSA) is 71.6 Å². The van der Waals surface area contributed by atoms with Crippen LogP contribution in [0.15, 0.2) is 11.6 Å². The van der Waals surface area contributed by atoms with Crippen LogP contribution in [0.2, 0.25) is 0 Å². The predicted molar refractivity (Wildman–Crippen MR) is 131 cm³/mol. The van der Waals surface area contributed by atoms with Crippen LogP contribution in [0.25, 0.3) is 0 Å². The molecule has 0 bridgehead atoms. The summed E-state index contributed by atoms with van der Waals surface area (Å²) in [5.41, 5.74) is 1.02. The highest BCUT2D eigenvalue weighted by Crippen LogP contribution is 2.80. The molecule has 7 aliphatic rings. The smallest absolute Gasteiger partial charge is 0.158 e. The van der Waals surface area contributed by atoms with Gasteiger partial charge in [-0.15, -0.1) is 0 Å². The Labute approximate surface area is 210 Å². The van der Waals surface area contributed by atoms with Gasteiger partial charge in [-0.05, 0) is 80.6 Å². The molecule has 0 aromatic carbocycles. The number of aliphatic hydroxyl groups is 1. The molecule has 1 unspecified atom stereocenters. The second-order valence-electron chi connectivity index (χ2n) is 15.0. The minimum atomic E-state index is -0.707. The van der Waals surface area contributed by atoms with E-state index in [4.69, 9.17) is 14.2 Å². The van der Waals surface area contributed by atoms with Crippen molar-refractivity contribution in [2.24, 2.45) is 39.4 Å².